The average molecular weight is 291 g/mol. The summed E-state index contributed by atoms with van der Waals surface area (Å²) in [7, 11) is 0. The fourth-order valence-electron chi connectivity index (χ4n) is 3.71. The minimum absolute atomic E-state index is 0.00842. The van der Waals surface area contributed by atoms with Gasteiger partial charge in [-0.05, 0) is 39.5 Å². The Kier molecular flexibility index (Phi) is 4.33. The van der Waals surface area contributed by atoms with Crippen molar-refractivity contribution in [1.82, 2.24) is 0 Å². The summed E-state index contributed by atoms with van der Waals surface area (Å²) in [5.74, 6) is 0.354. The van der Waals surface area contributed by atoms with Gasteiger partial charge in [0, 0.05) is 11.8 Å². The molecule has 0 spiro atoms. The molecular formula is C15H24Cl2O. The normalized spacial score (nSPS) is 45.8. The first-order valence-corrected chi connectivity index (χ1v) is 8.02. The second-order valence-corrected chi connectivity index (χ2v) is 8.28. The molecule has 2 saturated carbocycles. The minimum Gasteiger partial charge on any atom is -0.299 e. The lowest BCUT2D eigenvalue weighted by molar-refractivity contribution is -0.130. The van der Waals surface area contributed by atoms with Crippen LogP contribution in [0.3, 0.4) is 0 Å². The third kappa shape index (κ3) is 2.88. The number of carbonyl (C=O) groups excluding carboxylic acids is 1. The minimum atomic E-state index is -0.347. The second-order valence-electron chi connectivity index (χ2n) is 6.56. The lowest BCUT2D eigenvalue weighted by Crippen LogP contribution is -2.46. The zero-order chi connectivity index (χ0) is 13.4. The van der Waals surface area contributed by atoms with E-state index in [1.54, 1.807) is 0 Å². The lowest BCUT2D eigenvalue weighted by atomic mass is 9.68. The van der Waals surface area contributed by atoms with Crippen LogP contribution in [-0.4, -0.2) is 15.5 Å². The molecule has 0 saturated heterocycles. The fraction of sp³-hybridized carbons (Fsp3) is 0.933. The van der Waals surface area contributed by atoms with Crippen LogP contribution in [0.2, 0.25) is 0 Å². The van der Waals surface area contributed by atoms with Gasteiger partial charge < -0.3 is 0 Å². The van der Waals surface area contributed by atoms with Gasteiger partial charge in [0.05, 0.1) is 9.75 Å². The highest BCUT2D eigenvalue weighted by Crippen LogP contribution is 2.46. The molecule has 0 bridgehead atoms. The third-order valence-corrected chi connectivity index (χ3v) is 5.86. The van der Waals surface area contributed by atoms with Crippen molar-refractivity contribution in [3.8, 4) is 0 Å². The quantitative estimate of drug-likeness (QED) is 0.659. The summed E-state index contributed by atoms with van der Waals surface area (Å²) in [5, 5.41) is 0. The number of ketones is 1. The molecule has 0 amide bonds. The van der Waals surface area contributed by atoms with E-state index < -0.39 is 0 Å². The third-order valence-electron chi connectivity index (χ3n) is 4.96. The highest BCUT2D eigenvalue weighted by molar-refractivity contribution is 6.27. The molecular weight excluding hydrogens is 267 g/mol. The fourth-order valence-corrected chi connectivity index (χ4v) is 4.41. The highest BCUT2D eigenvalue weighted by Gasteiger charge is 2.47. The summed E-state index contributed by atoms with van der Waals surface area (Å²) in [5.41, 5.74) is 0. The molecule has 0 N–H and O–H groups in total. The van der Waals surface area contributed by atoms with Gasteiger partial charge in [-0.3, -0.25) is 4.79 Å². The molecule has 2 fully saturated rings. The van der Waals surface area contributed by atoms with Gasteiger partial charge in [-0.25, -0.2) is 0 Å². The maximum Gasteiger partial charge on any atom is 0.142 e. The topological polar surface area (TPSA) is 17.1 Å². The average Bonchev–Trinajstić information content (AvgIpc) is 2.27. The maximum absolute atomic E-state index is 12.8. The summed E-state index contributed by atoms with van der Waals surface area (Å²) >= 11 is 13.2. The highest BCUT2D eigenvalue weighted by atomic mass is 35.5. The molecule has 0 aromatic rings. The molecule has 4 atom stereocenters. The standard InChI is InChI=1S/C15H24Cl2O/c1-14(16)9-5-3-7-11(14)13(18)12-8-4-6-10-15(12,2)17/h11-12H,3-10H2,1-2H3. The molecule has 4 unspecified atom stereocenters. The first kappa shape index (κ1) is 14.7. The van der Waals surface area contributed by atoms with Crippen LogP contribution in [0.5, 0.6) is 0 Å². The van der Waals surface area contributed by atoms with Gasteiger partial charge in [0.1, 0.15) is 5.78 Å². The SMILES string of the molecule is CC1(Cl)CCCCC1C(=O)C1CCCCC1(C)Cl. The Bertz CT molecular complexity index is 292. The zero-order valence-electron chi connectivity index (χ0n) is 11.5. The molecule has 104 valence electrons. The van der Waals surface area contributed by atoms with E-state index in [-0.39, 0.29) is 21.6 Å². The van der Waals surface area contributed by atoms with E-state index in [0.717, 1.165) is 51.4 Å². The Hall–Kier alpha value is 0.250. The van der Waals surface area contributed by atoms with Gasteiger partial charge in [0.2, 0.25) is 0 Å². The number of Topliss-reactive ketones (excluding diaryl/α,β-unsaturated/α-hetero) is 1. The number of alkyl halides is 2. The van der Waals surface area contributed by atoms with Gasteiger partial charge in [-0.1, -0.05) is 25.7 Å². The summed E-state index contributed by atoms with van der Waals surface area (Å²) in [6.45, 7) is 4.06. The van der Waals surface area contributed by atoms with E-state index in [0.29, 0.717) is 5.78 Å². The van der Waals surface area contributed by atoms with E-state index in [4.69, 9.17) is 23.2 Å². The second kappa shape index (κ2) is 5.32. The van der Waals surface area contributed by atoms with E-state index in [1.165, 1.54) is 0 Å². The summed E-state index contributed by atoms with van der Waals surface area (Å²) in [6, 6.07) is 0. The zero-order valence-corrected chi connectivity index (χ0v) is 13.0. The van der Waals surface area contributed by atoms with Crippen molar-refractivity contribution in [3.63, 3.8) is 0 Å². The van der Waals surface area contributed by atoms with Crippen LogP contribution in [0.25, 0.3) is 0 Å². The van der Waals surface area contributed by atoms with Crippen molar-refractivity contribution in [3.05, 3.63) is 0 Å². The van der Waals surface area contributed by atoms with E-state index in [9.17, 15) is 4.79 Å². The largest absolute Gasteiger partial charge is 0.299 e. The molecule has 0 aromatic heterocycles. The van der Waals surface area contributed by atoms with Crippen molar-refractivity contribution in [2.45, 2.75) is 75.0 Å². The first-order chi connectivity index (χ1) is 8.34. The van der Waals surface area contributed by atoms with Gasteiger partial charge in [0.15, 0.2) is 0 Å². The van der Waals surface area contributed by atoms with Crippen molar-refractivity contribution in [2.75, 3.05) is 0 Å². The van der Waals surface area contributed by atoms with Crippen LogP contribution < -0.4 is 0 Å². The molecule has 0 aromatic carbocycles. The van der Waals surface area contributed by atoms with Crippen molar-refractivity contribution < 1.29 is 4.79 Å². The van der Waals surface area contributed by atoms with Crippen LogP contribution in [0.1, 0.15) is 65.2 Å². The molecule has 3 heteroatoms. The maximum atomic E-state index is 12.8. The molecule has 2 aliphatic rings. The van der Waals surface area contributed by atoms with Gasteiger partial charge in [-0.15, -0.1) is 23.2 Å². The smallest absolute Gasteiger partial charge is 0.142 e. The number of hydrogen-bond donors (Lipinski definition) is 0. The van der Waals surface area contributed by atoms with Crippen LogP contribution in [0.4, 0.5) is 0 Å². The Morgan fingerprint density at radius 2 is 1.28 bits per heavy atom. The Labute approximate surface area is 121 Å². The molecule has 2 aliphatic carbocycles. The predicted molar refractivity (Wildman–Crippen MR) is 77.4 cm³/mol. The molecule has 18 heavy (non-hydrogen) atoms. The Morgan fingerprint density at radius 3 is 1.61 bits per heavy atom. The van der Waals surface area contributed by atoms with Crippen LogP contribution in [-0.2, 0) is 4.79 Å². The van der Waals surface area contributed by atoms with Gasteiger partial charge in [-0.2, -0.15) is 0 Å². The van der Waals surface area contributed by atoms with Crippen LogP contribution in [0.15, 0.2) is 0 Å². The van der Waals surface area contributed by atoms with Crippen molar-refractivity contribution in [2.24, 2.45) is 11.8 Å². The number of carbonyl (C=O) groups is 1. The van der Waals surface area contributed by atoms with Gasteiger partial charge >= 0.3 is 0 Å². The van der Waals surface area contributed by atoms with Gasteiger partial charge in [0.25, 0.3) is 0 Å². The summed E-state index contributed by atoms with van der Waals surface area (Å²) in [4.78, 5) is 12.1. The first-order valence-electron chi connectivity index (χ1n) is 7.26. The molecule has 2 rings (SSSR count). The van der Waals surface area contributed by atoms with E-state index >= 15 is 0 Å². The van der Waals surface area contributed by atoms with Crippen molar-refractivity contribution >= 4 is 29.0 Å². The number of halogens is 2. The Balaban J connectivity index is 2.14. The summed E-state index contributed by atoms with van der Waals surface area (Å²) in [6.07, 6.45) is 8.35. The van der Waals surface area contributed by atoms with Crippen LogP contribution >= 0.6 is 23.2 Å². The van der Waals surface area contributed by atoms with E-state index in [2.05, 4.69) is 0 Å². The molecule has 0 aliphatic heterocycles. The predicted octanol–water partition coefficient (Wildman–Crippen LogP) is 4.93. The van der Waals surface area contributed by atoms with Crippen molar-refractivity contribution in [1.29, 1.82) is 0 Å². The summed E-state index contributed by atoms with van der Waals surface area (Å²) < 4.78 is 0. The molecule has 0 radical (unpaired) electrons. The monoisotopic (exact) mass is 290 g/mol. The molecule has 0 heterocycles. The number of rotatable bonds is 2. The molecule has 1 nitrogen and oxygen atoms in total. The number of hydrogen-bond acceptors (Lipinski definition) is 1. The van der Waals surface area contributed by atoms with E-state index in [1.807, 2.05) is 13.8 Å². The lowest BCUT2D eigenvalue weighted by Gasteiger charge is -2.42. The van der Waals surface area contributed by atoms with Crippen LogP contribution in [0, 0.1) is 11.8 Å². The Morgan fingerprint density at radius 1 is 0.889 bits per heavy atom.